The van der Waals surface area contributed by atoms with Crippen molar-refractivity contribution in [2.75, 3.05) is 0 Å². The summed E-state index contributed by atoms with van der Waals surface area (Å²) in [5.74, 6) is 1.50. The molecule has 0 aromatic heterocycles. The molecule has 4 heteroatoms. The van der Waals surface area contributed by atoms with Crippen LogP contribution < -0.4 is 0 Å². The predicted molar refractivity (Wildman–Crippen MR) is 113 cm³/mol. The lowest BCUT2D eigenvalue weighted by Crippen LogP contribution is -2.47. The number of ketones is 1. The molecule has 0 saturated carbocycles. The van der Waals surface area contributed by atoms with Crippen LogP contribution in [0.5, 0.6) is 0 Å². The molecule has 0 bridgehead atoms. The molecule has 0 aromatic carbocycles. The highest BCUT2D eigenvalue weighted by atomic mass is 28.4. The summed E-state index contributed by atoms with van der Waals surface area (Å²) in [6.45, 7) is 24.0. The van der Waals surface area contributed by atoms with Crippen molar-refractivity contribution in [1.82, 2.24) is 0 Å². The molecule has 1 aliphatic rings. The minimum absolute atomic E-state index is 0.0287. The molecule has 0 fully saturated rings. The van der Waals surface area contributed by atoms with E-state index in [4.69, 9.17) is 9.16 Å². The topological polar surface area (TPSA) is 35.5 Å². The van der Waals surface area contributed by atoms with E-state index < -0.39 is 8.32 Å². The number of hydrogen-bond acceptors (Lipinski definition) is 3. The van der Waals surface area contributed by atoms with Crippen LogP contribution in [0.25, 0.3) is 0 Å². The Bertz CT molecular complexity index is 530. The standard InChI is InChI=1S/C22H42O3Si/c1-12-14(3)20-16(5)19(23)17(6)21(24-20)15(4)18(13-2)25-26(10,11)22(7,8)9/h14-16,18,20H,12-13H2,1-11H3/t14-,15-,16+,18+,20-/m0/s1. The van der Waals surface area contributed by atoms with Gasteiger partial charge in [-0.2, -0.15) is 0 Å². The second-order valence-electron chi connectivity index (χ2n) is 9.72. The van der Waals surface area contributed by atoms with E-state index in [1.807, 2.05) is 13.8 Å². The molecule has 1 aliphatic heterocycles. The molecule has 0 aromatic rings. The van der Waals surface area contributed by atoms with Gasteiger partial charge in [0.15, 0.2) is 14.1 Å². The van der Waals surface area contributed by atoms with E-state index in [-0.39, 0.29) is 34.9 Å². The number of allylic oxidation sites excluding steroid dienone is 1. The van der Waals surface area contributed by atoms with Crippen molar-refractivity contribution < 1.29 is 14.0 Å². The minimum atomic E-state index is -1.88. The van der Waals surface area contributed by atoms with E-state index in [1.54, 1.807) is 0 Å². The Labute approximate surface area is 163 Å². The van der Waals surface area contributed by atoms with E-state index in [1.165, 1.54) is 0 Å². The SMILES string of the molecule is CC[C@H](C)[C@@H]1OC([C@@H](C)[C@@H](CC)O[Si](C)(C)C(C)(C)C)=C(C)C(=O)[C@H]1C. The second-order valence-corrected chi connectivity index (χ2v) is 14.5. The molecular formula is C22H42O3Si. The monoisotopic (exact) mass is 382 g/mol. The van der Waals surface area contributed by atoms with Gasteiger partial charge in [0, 0.05) is 11.5 Å². The summed E-state index contributed by atoms with van der Waals surface area (Å²) in [7, 11) is -1.88. The Balaban J connectivity index is 3.15. The van der Waals surface area contributed by atoms with E-state index >= 15 is 0 Å². The number of Topliss-reactive ketones (excluding diaryl/α,β-unsaturated/α-hetero) is 1. The fraction of sp³-hybridized carbons (Fsp3) is 0.864. The van der Waals surface area contributed by atoms with Crippen molar-refractivity contribution in [3.05, 3.63) is 11.3 Å². The summed E-state index contributed by atoms with van der Waals surface area (Å²) in [4.78, 5) is 12.9. The summed E-state index contributed by atoms with van der Waals surface area (Å²) >= 11 is 0. The Morgan fingerprint density at radius 2 is 1.69 bits per heavy atom. The van der Waals surface area contributed by atoms with Crippen LogP contribution in [0.2, 0.25) is 18.1 Å². The number of hydrogen-bond donors (Lipinski definition) is 0. The molecular weight excluding hydrogens is 340 g/mol. The van der Waals surface area contributed by atoms with Crippen molar-refractivity contribution in [1.29, 1.82) is 0 Å². The molecule has 152 valence electrons. The zero-order chi connectivity index (χ0) is 20.4. The maximum Gasteiger partial charge on any atom is 0.192 e. The number of rotatable bonds is 7. The average Bonchev–Trinajstić information content (AvgIpc) is 2.55. The highest BCUT2D eigenvalue weighted by Gasteiger charge is 2.43. The molecule has 0 saturated heterocycles. The van der Waals surface area contributed by atoms with Gasteiger partial charge in [-0.05, 0) is 37.4 Å². The van der Waals surface area contributed by atoms with Gasteiger partial charge in [-0.25, -0.2) is 0 Å². The van der Waals surface area contributed by atoms with Crippen LogP contribution in [0.3, 0.4) is 0 Å². The van der Waals surface area contributed by atoms with Gasteiger partial charge in [-0.15, -0.1) is 0 Å². The number of ether oxygens (including phenoxy) is 1. The van der Waals surface area contributed by atoms with E-state index in [9.17, 15) is 4.79 Å². The smallest absolute Gasteiger partial charge is 0.192 e. The maximum atomic E-state index is 12.9. The average molecular weight is 383 g/mol. The van der Waals surface area contributed by atoms with E-state index in [2.05, 4.69) is 61.6 Å². The Kier molecular flexibility index (Phi) is 7.75. The third-order valence-electron chi connectivity index (χ3n) is 6.74. The van der Waals surface area contributed by atoms with Crippen molar-refractivity contribution in [3.8, 4) is 0 Å². The fourth-order valence-corrected chi connectivity index (χ4v) is 4.98. The first kappa shape index (κ1) is 23.4. The highest BCUT2D eigenvalue weighted by Crippen LogP contribution is 2.41. The molecule has 0 unspecified atom stereocenters. The van der Waals surface area contributed by atoms with Crippen molar-refractivity contribution in [3.63, 3.8) is 0 Å². The number of carbonyl (C=O) groups is 1. The molecule has 3 nitrogen and oxygen atoms in total. The van der Waals surface area contributed by atoms with Crippen molar-refractivity contribution >= 4 is 14.1 Å². The minimum Gasteiger partial charge on any atom is -0.493 e. The van der Waals surface area contributed by atoms with Crippen LogP contribution in [-0.2, 0) is 14.0 Å². The first-order valence-electron chi connectivity index (χ1n) is 10.4. The van der Waals surface area contributed by atoms with Gasteiger partial charge in [0.05, 0.1) is 12.0 Å². The summed E-state index contributed by atoms with van der Waals surface area (Å²) in [6.07, 6.45) is 1.99. The van der Waals surface area contributed by atoms with Gasteiger partial charge in [0.1, 0.15) is 11.9 Å². The molecule has 0 aliphatic carbocycles. The normalized spacial score (nSPS) is 25.7. The summed E-state index contributed by atoms with van der Waals surface area (Å²) in [5, 5.41) is 0.167. The van der Waals surface area contributed by atoms with Crippen LogP contribution >= 0.6 is 0 Å². The molecule has 1 rings (SSSR count). The van der Waals surface area contributed by atoms with Gasteiger partial charge in [-0.1, -0.05) is 61.8 Å². The first-order chi connectivity index (χ1) is 11.8. The third kappa shape index (κ3) is 4.81. The predicted octanol–water partition coefficient (Wildman–Crippen LogP) is 6.35. The highest BCUT2D eigenvalue weighted by molar-refractivity contribution is 6.74. The maximum absolute atomic E-state index is 12.9. The third-order valence-corrected chi connectivity index (χ3v) is 11.2. The first-order valence-corrected chi connectivity index (χ1v) is 13.3. The lowest BCUT2D eigenvalue weighted by Gasteiger charge is -2.43. The lowest BCUT2D eigenvalue weighted by molar-refractivity contribution is -0.128. The molecule has 5 atom stereocenters. The fourth-order valence-electron chi connectivity index (χ4n) is 3.50. The zero-order valence-electron chi connectivity index (χ0n) is 19.0. The van der Waals surface area contributed by atoms with Crippen LogP contribution in [0, 0.1) is 17.8 Å². The van der Waals surface area contributed by atoms with Gasteiger partial charge in [0.25, 0.3) is 0 Å². The van der Waals surface area contributed by atoms with Crippen molar-refractivity contribution in [2.24, 2.45) is 17.8 Å². The van der Waals surface area contributed by atoms with Gasteiger partial charge in [-0.3, -0.25) is 4.79 Å². The Hall–Kier alpha value is -0.613. The van der Waals surface area contributed by atoms with Crippen LogP contribution in [-0.4, -0.2) is 26.3 Å². The lowest BCUT2D eigenvalue weighted by atomic mass is 9.82. The second kappa shape index (κ2) is 8.60. The van der Waals surface area contributed by atoms with Crippen LogP contribution in [0.1, 0.15) is 75.2 Å². The van der Waals surface area contributed by atoms with Crippen LogP contribution in [0.15, 0.2) is 11.3 Å². The number of carbonyl (C=O) groups excluding carboxylic acids is 1. The van der Waals surface area contributed by atoms with Crippen molar-refractivity contribution in [2.45, 2.75) is 105 Å². The quantitative estimate of drug-likeness (QED) is 0.481. The van der Waals surface area contributed by atoms with Crippen LogP contribution in [0.4, 0.5) is 0 Å². The van der Waals surface area contributed by atoms with Gasteiger partial charge >= 0.3 is 0 Å². The molecule has 26 heavy (non-hydrogen) atoms. The summed E-state index contributed by atoms with van der Waals surface area (Å²) < 4.78 is 13.2. The Morgan fingerprint density at radius 1 is 1.15 bits per heavy atom. The van der Waals surface area contributed by atoms with Gasteiger partial charge < -0.3 is 9.16 Å². The Morgan fingerprint density at radius 3 is 2.12 bits per heavy atom. The van der Waals surface area contributed by atoms with E-state index in [0.29, 0.717) is 5.92 Å². The molecule has 0 N–H and O–H groups in total. The molecule has 1 heterocycles. The molecule has 0 spiro atoms. The summed E-state index contributed by atoms with van der Waals surface area (Å²) in [6, 6.07) is 0. The molecule has 0 radical (unpaired) electrons. The zero-order valence-corrected chi connectivity index (χ0v) is 20.0. The molecule has 0 amide bonds. The van der Waals surface area contributed by atoms with Gasteiger partial charge in [0.2, 0.25) is 0 Å². The largest absolute Gasteiger partial charge is 0.493 e. The van der Waals surface area contributed by atoms with E-state index in [0.717, 1.165) is 24.2 Å². The summed E-state index contributed by atoms with van der Waals surface area (Å²) in [5.41, 5.74) is 0.793.